The van der Waals surface area contributed by atoms with Gasteiger partial charge in [-0.15, -0.1) is 0 Å². The van der Waals surface area contributed by atoms with Gasteiger partial charge in [-0.25, -0.2) is 4.68 Å². The first-order valence-electron chi connectivity index (χ1n) is 4.83. The molecule has 1 N–H and O–H groups in total. The van der Waals surface area contributed by atoms with Crippen LogP contribution in [0.5, 0.6) is 0 Å². The molecule has 2 aromatic rings. The molecular weight excluding hydrogens is 233 g/mol. The average molecular weight is 242 g/mol. The molecule has 17 heavy (non-hydrogen) atoms. The van der Waals surface area contributed by atoms with Crippen LogP contribution in [0.1, 0.15) is 11.7 Å². The molecule has 3 nitrogen and oxygen atoms in total. The molecule has 0 aliphatic rings. The summed E-state index contributed by atoms with van der Waals surface area (Å²) in [5, 5.41) is 12.8. The fourth-order valence-corrected chi connectivity index (χ4v) is 1.39. The monoisotopic (exact) mass is 242 g/mol. The van der Waals surface area contributed by atoms with E-state index in [2.05, 4.69) is 5.10 Å². The van der Waals surface area contributed by atoms with Crippen molar-refractivity contribution in [2.75, 3.05) is 0 Å². The molecule has 90 valence electrons. The van der Waals surface area contributed by atoms with Crippen molar-refractivity contribution in [2.45, 2.75) is 12.3 Å². The SMILES string of the molecule is O[C@@H](c1cnn(-c2ccccc2)c1)C(F)(F)F. The predicted octanol–water partition coefficient (Wildman–Crippen LogP) is 2.47. The van der Waals surface area contributed by atoms with Gasteiger partial charge in [-0.05, 0) is 12.1 Å². The van der Waals surface area contributed by atoms with Gasteiger partial charge in [0.25, 0.3) is 0 Å². The van der Waals surface area contributed by atoms with E-state index in [1.165, 1.54) is 4.68 Å². The Balaban J connectivity index is 2.28. The summed E-state index contributed by atoms with van der Waals surface area (Å²) in [6.07, 6.45) is -5.01. The van der Waals surface area contributed by atoms with Crippen LogP contribution < -0.4 is 0 Å². The molecule has 6 heteroatoms. The lowest BCUT2D eigenvalue weighted by molar-refractivity contribution is -0.206. The highest BCUT2D eigenvalue weighted by Gasteiger charge is 2.40. The summed E-state index contributed by atoms with van der Waals surface area (Å²) in [5.74, 6) is 0. The summed E-state index contributed by atoms with van der Waals surface area (Å²) < 4.78 is 38.1. The van der Waals surface area contributed by atoms with Crippen LogP contribution in [0, 0.1) is 0 Å². The van der Waals surface area contributed by atoms with Crippen molar-refractivity contribution in [1.82, 2.24) is 9.78 Å². The van der Waals surface area contributed by atoms with Crippen LogP contribution in [0.2, 0.25) is 0 Å². The van der Waals surface area contributed by atoms with Gasteiger partial charge >= 0.3 is 6.18 Å². The lowest BCUT2D eigenvalue weighted by atomic mass is 10.2. The highest BCUT2D eigenvalue weighted by Crippen LogP contribution is 2.32. The second-order valence-corrected chi connectivity index (χ2v) is 3.50. The number of hydrogen-bond acceptors (Lipinski definition) is 2. The summed E-state index contributed by atoms with van der Waals surface area (Å²) in [6, 6.07) is 8.69. The van der Waals surface area contributed by atoms with E-state index < -0.39 is 12.3 Å². The number of nitrogens with zero attached hydrogens (tertiary/aromatic N) is 2. The molecule has 0 aliphatic heterocycles. The molecule has 0 unspecified atom stereocenters. The summed E-state index contributed by atoms with van der Waals surface area (Å²) in [6.45, 7) is 0. The first-order valence-corrected chi connectivity index (χ1v) is 4.83. The van der Waals surface area contributed by atoms with E-state index in [0.717, 1.165) is 12.4 Å². The van der Waals surface area contributed by atoms with E-state index in [4.69, 9.17) is 5.11 Å². The average Bonchev–Trinajstić information content (AvgIpc) is 2.77. The molecule has 0 radical (unpaired) electrons. The molecule has 0 amide bonds. The van der Waals surface area contributed by atoms with E-state index >= 15 is 0 Å². The number of aromatic nitrogens is 2. The Morgan fingerprint density at radius 3 is 2.41 bits per heavy atom. The lowest BCUT2D eigenvalue weighted by Crippen LogP contribution is -2.19. The standard InChI is InChI=1S/C11H9F3N2O/c12-11(13,14)10(17)8-6-15-16(7-8)9-4-2-1-3-5-9/h1-7,10,17H/t10-/m0/s1. The van der Waals surface area contributed by atoms with Crippen LogP contribution in [0.4, 0.5) is 13.2 Å². The van der Waals surface area contributed by atoms with Gasteiger partial charge < -0.3 is 5.11 Å². The third-order valence-corrected chi connectivity index (χ3v) is 2.25. The van der Waals surface area contributed by atoms with E-state index in [1.807, 2.05) is 0 Å². The van der Waals surface area contributed by atoms with E-state index in [-0.39, 0.29) is 5.56 Å². The van der Waals surface area contributed by atoms with Gasteiger partial charge in [-0.3, -0.25) is 0 Å². The zero-order valence-electron chi connectivity index (χ0n) is 8.59. The molecule has 0 fully saturated rings. The minimum atomic E-state index is -4.68. The molecule has 0 spiro atoms. The number of para-hydroxylation sites is 1. The summed E-state index contributed by atoms with van der Waals surface area (Å²) in [4.78, 5) is 0. The number of benzene rings is 1. The van der Waals surface area contributed by atoms with E-state index in [0.29, 0.717) is 5.69 Å². The number of aliphatic hydroxyl groups is 1. The Kier molecular flexibility index (Phi) is 2.89. The smallest absolute Gasteiger partial charge is 0.379 e. The highest BCUT2D eigenvalue weighted by atomic mass is 19.4. The van der Waals surface area contributed by atoms with Crippen LogP contribution >= 0.6 is 0 Å². The number of rotatable bonds is 2. The van der Waals surface area contributed by atoms with Crippen molar-refractivity contribution >= 4 is 0 Å². The molecule has 1 heterocycles. The van der Waals surface area contributed by atoms with Crippen LogP contribution in [0.25, 0.3) is 5.69 Å². The molecule has 0 aliphatic carbocycles. The maximum atomic E-state index is 12.3. The molecule has 0 saturated heterocycles. The third-order valence-electron chi connectivity index (χ3n) is 2.25. The van der Waals surface area contributed by atoms with Gasteiger partial charge in [-0.1, -0.05) is 18.2 Å². The Morgan fingerprint density at radius 2 is 1.82 bits per heavy atom. The number of alkyl halides is 3. The first kappa shape index (κ1) is 11.7. The van der Waals surface area contributed by atoms with Crippen molar-refractivity contribution in [1.29, 1.82) is 0 Å². The third kappa shape index (κ3) is 2.47. The van der Waals surface area contributed by atoms with Crippen LogP contribution in [-0.4, -0.2) is 21.1 Å². The van der Waals surface area contributed by atoms with Crippen LogP contribution in [0.3, 0.4) is 0 Å². The van der Waals surface area contributed by atoms with Gasteiger partial charge in [0, 0.05) is 11.8 Å². The number of hydrogen-bond donors (Lipinski definition) is 1. The second kappa shape index (κ2) is 4.21. The van der Waals surface area contributed by atoms with Crippen molar-refractivity contribution in [3.05, 3.63) is 48.3 Å². The highest BCUT2D eigenvalue weighted by molar-refractivity contribution is 5.31. The fourth-order valence-electron chi connectivity index (χ4n) is 1.39. The van der Waals surface area contributed by atoms with Crippen LogP contribution in [-0.2, 0) is 0 Å². The molecule has 0 saturated carbocycles. The molecule has 1 atom stereocenters. The van der Waals surface area contributed by atoms with Gasteiger partial charge in [0.05, 0.1) is 11.9 Å². The van der Waals surface area contributed by atoms with Crippen molar-refractivity contribution in [3.63, 3.8) is 0 Å². The second-order valence-electron chi connectivity index (χ2n) is 3.50. The zero-order valence-corrected chi connectivity index (χ0v) is 8.59. The minimum Gasteiger partial charge on any atom is -0.379 e. The summed E-state index contributed by atoms with van der Waals surface area (Å²) in [7, 11) is 0. The molecule has 2 rings (SSSR count). The predicted molar refractivity (Wildman–Crippen MR) is 54.6 cm³/mol. The molecular formula is C11H9F3N2O. The molecule has 0 bridgehead atoms. The van der Waals surface area contributed by atoms with Crippen molar-refractivity contribution < 1.29 is 18.3 Å². The maximum absolute atomic E-state index is 12.3. The van der Waals surface area contributed by atoms with E-state index in [1.54, 1.807) is 30.3 Å². The Morgan fingerprint density at radius 1 is 1.18 bits per heavy atom. The zero-order chi connectivity index (χ0) is 12.5. The Bertz CT molecular complexity index is 493. The maximum Gasteiger partial charge on any atom is 0.418 e. The Hall–Kier alpha value is -1.82. The largest absolute Gasteiger partial charge is 0.418 e. The fraction of sp³-hybridized carbons (Fsp3) is 0.182. The lowest BCUT2D eigenvalue weighted by Gasteiger charge is -2.11. The molecule has 1 aromatic carbocycles. The Labute approximate surface area is 95.1 Å². The number of halogens is 3. The van der Waals surface area contributed by atoms with Gasteiger partial charge in [0.1, 0.15) is 0 Å². The topological polar surface area (TPSA) is 38.1 Å². The summed E-state index contributed by atoms with van der Waals surface area (Å²) >= 11 is 0. The van der Waals surface area contributed by atoms with Gasteiger partial charge in [0.2, 0.25) is 0 Å². The first-order chi connectivity index (χ1) is 7.98. The van der Waals surface area contributed by atoms with Gasteiger partial charge in [0.15, 0.2) is 6.10 Å². The molecule has 1 aromatic heterocycles. The van der Waals surface area contributed by atoms with Crippen molar-refractivity contribution in [3.8, 4) is 5.69 Å². The van der Waals surface area contributed by atoms with Crippen molar-refractivity contribution in [2.24, 2.45) is 0 Å². The number of aliphatic hydroxyl groups excluding tert-OH is 1. The minimum absolute atomic E-state index is 0.277. The van der Waals surface area contributed by atoms with Gasteiger partial charge in [-0.2, -0.15) is 18.3 Å². The quantitative estimate of drug-likeness (QED) is 0.878. The normalized spacial score (nSPS) is 13.6. The van der Waals surface area contributed by atoms with Crippen LogP contribution in [0.15, 0.2) is 42.7 Å². The summed E-state index contributed by atoms with van der Waals surface area (Å²) in [5.41, 5.74) is 0.356. The van der Waals surface area contributed by atoms with E-state index in [9.17, 15) is 13.2 Å².